The normalized spacial score (nSPS) is 10.3. The molecule has 0 atom stereocenters. The number of nitrogens with zero attached hydrogens (tertiary/aromatic N) is 2. The van der Waals surface area contributed by atoms with Gasteiger partial charge in [0.2, 0.25) is 0 Å². The Kier molecular flexibility index (Phi) is 5.57. The van der Waals surface area contributed by atoms with Crippen LogP contribution in [0.3, 0.4) is 0 Å². The highest BCUT2D eigenvalue weighted by atomic mass is 16.5. The molecule has 0 aliphatic carbocycles. The first-order chi connectivity index (χ1) is 11.0. The molecule has 1 aromatic carbocycles. The van der Waals surface area contributed by atoms with Crippen molar-refractivity contribution in [3.8, 4) is 5.75 Å². The van der Waals surface area contributed by atoms with Crippen molar-refractivity contribution in [1.29, 1.82) is 0 Å². The lowest BCUT2D eigenvalue weighted by atomic mass is 10.1. The van der Waals surface area contributed by atoms with Crippen LogP contribution >= 0.6 is 0 Å². The van der Waals surface area contributed by atoms with Crippen LogP contribution in [-0.4, -0.2) is 30.1 Å². The maximum atomic E-state index is 12.2. The number of nitrogens with one attached hydrogen (secondary N) is 1. The van der Waals surface area contributed by atoms with Gasteiger partial charge in [-0.3, -0.25) is 4.98 Å². The Balaban J connectivity index is 1.96. The van der Waals surface area contributed by atoms with Gasteiger partial charge in [0.1, 0.15) is 5.75 Å². The molecule has 0 unspecified atom stereocenters. The third kappa shape index (κ3) is 4.45. The van der Waals surface area contributed by atoms with Crippen molar-refractivity contribution in [2.45, 2.75) is 26.9 Å². The van der Waals surface area contributed by atoms with E-state index >= 15 is 0 Å². The third-order valence-corrected chi connectivity index (χ3v) is 3.64. The topological polar surface area (TPSA) is 54.5 Å². The Labute approximate surface area is 137 Å². The Morgan fingerprint density at radius 1 is 1.26 bits per heavy atom. The summed E-state index contributed by atoms with van der Waals surface area (Å²) >= 11 is 0. The quantitative estimate of drug-likeness (QED) is 0.923. The van der Waals surface area contributed by atoms with E-state index in [1.165, 1.54) is 0 Å². The van der Waals surface area contributed by atoms with Gasteiger partial charge in [-0.2, -0.15) is 0 Å². The Morgan fingerprint density at radius 3 is 2.52 bits per heavy atom. The zero-order valence-electron chi connectivity index (χ0n) is 14.1. The minimum absolute atomic E-state index is 0.123. The molecular formula is C18H23N3O2. The summed E-state index contributed by atoms with van der Waals surface area (Å²) in [7, 11) is 3.45. The molecule has 1 aromatic heterocycles. The zero-order valence-corrected chi connectivity index (χ0v) is 14.1. The van der Waals surface area contributed by atoms with Gasteiger partial charge in [-0.05, 0) is 42.7 Å². The van der Waals surface area contributed by atoms with Gasteiger partial charge in [-0.1, -0.05) is 18.2 Å². The highest BCUT2D eigenvalue weighted by Crippen LogP contribution is 2.24. The van der Waals surface area contributed by atoms with Crippen molar-refractivity contribution in [3.05, 3.63) is 58.9 Å². The monoisotopic (exact) mass is 313 g/mol. The van der Waals surface area contributed by atoms with E-state index in [9.17, 15) is 4.79 Å². The molecule has 2 rings (SSSR count). The number of amides is 2. The highest BCUT2D eigenvalue weighted by Gasteiger charge is 2.11. The molecule has 5 nitrogen and oxygen atoms in total. The van der Waals surface area contributed by atoms with Crippen molar-refractivity contribution in [3.63, 3.8) is 0 Å². The summed E-state index contributed by atoms with van der Waals surface area (Å²) in [5, 5.41) is 2.87. The van der Waals surface area contributed by atoms with Crippen LogP contribution in [0.25, 0.3) is 0 Å². The first kappa shape index (κ1) is 16.8. The maximum absolute atomic E-state index is 12.2. The molecular weight excluding hydrogens is 290 g/mol. The molecule has 0 saturated carbocycles. The Hall–Kier alpha value is -2.56. The second kappa shape index (κ2) is 7.63. The van der Waals surface area contributed by atoms with Crippen LogP contribution in [0.1, 0.15) is 22.4 Å². The highest BCUT2D eigenvalue weighted by molar-refractivity contribution is 5.73. The van der Waals surface area contributed by atoms with Crippen LogP contribution in [-0.2, 0) is 13.1 Å². The van der Waals surface area contributed by atoms with Gasteiger partial charge in [0.25, 0.3) is 0 Å². The summed E-state index contributed by atoms with van der Waals surface area (Å²) in [5.74, 6) is 0.899. The van der Waals surface area contributed by atoms with Crippen LogP contribution in [0.15, 0.2) is 36.5 Å². The van der Waals surface area contributed by atoms with E-state index in [0.717, 1.165) is 28.1 Å². The molecule has 1 N–H and O–H groups in total. The van der Waals surface area contributed by atoms with Crippen LogP contribution < -0.4 is 10.1 Å². The molecule has 0 aliphatic rings. The summed E-state index contributed by atoms with van der Waals surface area (Å²) in [5.41, 5.74) is 4.07. The molecule has 0 saturated heterocycles. The van der Waals surface area contributed by atoms with Crippen LogP contribution in [0.2, 0.25) is 0 Å². The number of methoxy groups -OCH3 is 1. The van der Waals surface area contributed by atoms with E-state index in [-0.39, 0.29) is 6.03 Å². The fraction of sp³-hybridized carbons (Fsp3) is 0.333. The summed E-state index contributed by atoms with van der Waals surface area (Å²) in [4.78, 5) is 18.0. The minimum Gasteiger partial charge on any atom is -0.496 e. The van der Waals surface area contributed by atoms with E-state index < -0.39 is 0 Å². The Bertz CT molecular complexity index is 648. The van der Waals surface area contributed by atoms with Gasteiger partial charge < -0.3 is 15.0 Å². The molecule has 0 aliphatic heterocycles. The van der Waals surface area contributed by atoms with Gasteiger partial charge >= 0.3 is 6.03 Å². The number of benzene rings is 1. The first-order valence-corrected chi connectivity index (χ1v) is 7.54. The van der Waals surface area contributed by atoms with Crippen molar-refractivity contribution in [2.75, 3.05) is 14.2 Å². The minimum atomic E-state index is -0.123. The molecule has 23 heavy (non-hydrogen) atoms. The predicted molar refractivity (Wildman–Crippen MR) is 90.4 cm³/mol. The SMILES string of the molecule is COc1c(C)cc(CN(C)C(=O)NCc2ccccn2)cc1C. The number of hydrogen-bond acceptors (Lipinski definition) is 3. The fourth-order valence-corrected chi connectivity index (χ4v) is 2.60. The maximum Gasteiger partial charge on any atom is 0.317 e. The number of pyridine rings is 1. The predicted octanol–water partition coefficient (Wildman–Crippen LogP) is 3.05. The van der Waals surface area contributed by atoms with Gasteiger partial charge in [-0.25, -0.2) is 4.79 Å². The van der Waals surface area contributed by atoms with Crippen LogP contribution in [0, 0.1) is 13.8 Å². The number of ether oxygens (including phenoxy) is 1. The molecule has 0 spiro atoms. The average Bonchev–Trinajstić information content (AvgIpc) is 2.53. The van der Waals surface area contributed by atoms with E-state index in [1.807, 2.05) is 44.2 Å². The summed E-state index contributed by atoms with van der Waals surface area (Å²) in [6.07, 6.45) is 1.72. The smallest absolute Gasteiger partial charge is 0.317 e. The van der Waals surface area contributed by atoms with E-state index in [2.05, 4.69) is 10.3 Å². The number of aryl methyl sites for hydroxylation is 2. The molecule has 0 bridgehead atoms. The molecule has 0 radical (unpaired) electrons. The van der Waals surface area contributed by atoms with Gasteiger partial charge in [0.05, 0.1) is 19.3 Å². The van der Waals surface area contributed by atoms with E-state index in [0.29, 0.717) is 13.1 Å². The van der Waals surface area contributed by atoms with Crippen LogP contribution in [0.4, 0.5) is 4.79 Å². The number of urea groups is 1. The number of carbonyl (C=O) groups is 1. The third-order valence-electron chi connectivity index (χ3n) is 3.64. The number of aromatic nitrogens is 1. The lowest BCUT2D eigenvalue weighted by Crippen LogP contribution is -2.36. The van der Waals surface area contributed by atoms with E-state index in [4.69, 9.17) is 4.74 Å². The first-order valence-electron chi connectivity index (χ1n) is 7.54. The second-order valence-electron chi connectivity index (χ2n) is 5.60. The average molecular weight is 313 g/mol. The molecule has 1 heterocycles. The molecule has 2 aromatic rings. The lowest BCUT2D eigenvalue weighted by Gasteiger charge is -2.19. The van der Waals surface area contributed by atoms with Crippen molar-refractivity contribution < 1.29 is 9.53 Å². The van der Waals surface area contributed by atoms with E-state index in [1.54, 1.807) is 25.3 Å². The summed E-state index contributed by atoms with van der Waals surface area (Å²) in [6, 6.07) is 9.62. The molecule has 5 heteroatoms. The lowest BCUT2D eigenvalue weighted by molar-refractivity contribution is 0.206. The van der Waals surface area contributed by atoms with Gasteiger partial charge in [0, 0.05) is 19.8 Å². The summed E-state index contributed by atoms with van der Waals surface area (Å²) in [6.45, 7) is 4.98. The second-order valence-corrected chi connectivity index (χ2v) is 5.60. The van der Waals surface area contributed by atoms with Crippen molar-refractivity contribution >= 4 is 6.03 Å². The standard InChI is InChI=1S/C18H23N3O2/c1-13-9-15(10-14(2)17(13)23-4)12-21(3)18(22)20-11-16-7-5-6-8-19-16/h5-10H,11-12H2,1-4H3,(H,20,22). The Morgan fingerprint density at radius 2 is 1.96 bits per heavy atom. The van der Waals surface area contributed by atoms with Crippen molar-refractivity contribution in [1.82, 2.24) is 15.2 Å². The number of hydrogen-bond donors (Lipinski definition) is 1. The summed E-state index contributed by atoms with van der Waals surface area (Å²) < 4.78 is 5.37. The largest absolute Gasteiger partial charge is 0.496 e. The molecule has 2 amide bonds. The van der Waals surface area contributed by atoms with Crippen LogP contribution in [0.5, 0.6) is 5.75 Å². The number of rotatable bonds is 5. The van der Waals surface area contributed by atoms with Gasteiger partial charge in [-0.15, -0.1) is 0 Å². The van der Waals surface area contributed by atoms with Crippen molar-refractivity contribution in [2.24, 2.45) is 0 Å². The number of carbonyl (C=O) groups excluding carboxylic acids is 1. The molecule has 0 fully saturated rings. The fourth-order valence-electron chi connectivity index (χ4n) is 2.60. The molecule has 122 valence electrons. The zero-order chi connectivity index (χ0) is 16.8. The van der Waals surface area contributed by atoms with Gasteiger partial charge in [0.15, 0.2) is 0 Å².